The van der Waals surface area contributed by atoms with Gasteiger partial charge in [0.2, 0.25) is 0 Å². The highest BCUT2D eigenvalue weighted by Gasteiger charge is 2.21. The van der Waals surface area contributed by atoms with Crippen molar-refractivity contribution in [2.75, 3.05) is 11.9 Å². The number of para-hydroxylation sites is 1. The number of amides is 1. The van der Waals surface area contributed by atoms with Crippen molar-refractivity contribution < 1.29 is 18.7 Å². The monoisotopic (exact) mass is 367 g/mol. The van der Waals surface area contributed by atoms with Crippen molar-refractivity contribution in [3.05, 3.63) is 64.7 Å². The lowest BCUT2D eigenvalue weighted by atomic mass is 10.1. The normalized spacial score (nSPS) is 10.7. The van der Waals surface area contributed by atoms with Crippen molar-refractivity contribution in [3.63, 3.8) is 0 Å². The number of benzene rings is 1. The molecule has 7 nitrogen and oxygen atoms in total. The fourth-order valence-electron chi connectivity index (χ4n) is 2.83. The molecule has 2 heterocycles. The third kappa shape index (κ3) is 3.92. The second-order valence-electron chi connectivity index (χ2n) is 6.26. The number of ether oxygens (including phenoxy) is 1. The number of carbonyl (C=O) groups excluding carboxylic acids is 2. The van der Waals surface area contributed by atoms with Crippen molar-refractivity contribution in [3.8, 4) is 5.69 Å². The minimum atomic E-state index is -0.579. The van der Waals surface area contributed by atoms with E-state index < -0.39 is 18.5 Å². The molecule has 0 unspecified atom stereocenters. The molecule has 7 heteroatoms. The van der Waals surface area contributed by atoms with Crippen LogP contribution in [-0.2, 0) is 9.53 Å². The molecule has 1 amide bonds. The third-order valence-corrected chi connectivity index (χ3v) is 4.20. The molecule has 0 radical (unpaired) electrons. The fraction of sp³-hybridized carbons (Fsp3) is 0.250. The van der Waals surface area contributed by atoms with Crippen LogP contribution in [0.3, 0.4) is 0 Å². The lowest BCUT2D eigenvalue weighted by molar-refractivity contribution is -0.119. The Morgan fingerprint density at radius 2 is 1.81 bits per heavy atom. The molecule has 0 saturated heterocycles. The molecule has 0 aliphatic heterocycles. The maximum atomic E-state index is 12.3. The van der Waals surface area contributed by atoms with E-state index in [0.717, 1.165) is 16.9 Å². The number of furan rings is 1. The van der Waals surface area contributed by atoms with E-state index in [4.69, 9.17) is 9.15 Å². The molecule has 0 spiro atoms. The molecule has 0 bridgehead atoms. The van der Waals surface area contributed by atoms with E-state index in [0.29, 0.717) is 22.9 Å². The van der Waals surface area contributed by atoms with Crippen LogP contribution in [-0.4, -0.2) is 28.3 Å². The van der Waals surface area contributed by atoms with Gasteiger partial charge in [0.25, 0.3) is 5.91 Å². The van der Waals surface area contributed by atoms with Crippen LogP contribution in [0.2, 0.25) is 0 Å². The van der Waals surface area contributed by atoms with E-state index in [1.54, 1.807) is 31.5 Å². The first-order chi connectivity index (χ1) is 12.9. The van der Waals surface area contributed by atoms with Gasteiger partial charge in [0.05, 0.1) is 11.4 Å². The van der Waals surface area contributed by atoms with Crippen molar-refractivity contribution >= 4 is 17.7 Å². The van der Waals surface area contributed by atoms with Gasteiger partial charge in [-0.05, 0) is 39.8 Å². The minimum absolute atomic E-state index is 0.366. The van der Waals surface area contributed by atoms with Crippen molar-refractivity contribution in [1.29, 1.82) is 0 Å². The van der Waals surface area contributed by atoms with Crippen molar-refractivity contribution in [1.82, 2.24) is 9.78 Å². The molecule has 0 saturated carbocycles. The summed E-state index contributed by atoms with van der Waals surface area (Å²) in [6, 6.07) is 11.2. The topological polar surface area (TPSA) is 86.4 Å². The van der Waals surface area contributed by atoms with Crippen LogP contribution in [0.4, 0.5) is 5.82 Å². The molecular formula is C20H21N3O4. The summed E-state index contributed by atoms with van der Waals surface area (Å²) in [6.07, 6.45) is 0. The van der Waals surface area contributed by atoms with Crippen molar-refractivity contribution in [2.45, 2.75) is 27.7 Å². The van der Waals surface area contributed by atoms with Gasteiger partial charge in [-0.25, -0.2) is 9.48 Å². The zero-order valence-electron chi connectivity index (χ0n) is 15.7. The van der Waals surface area contributed by atoms with Crippen LogP contribution in [0, 0.1) is 27.7 Å². The Hall–Kier alpha value is -3.35. The molecule has 27 heavy (non-hydrogen) atoms. The van der Waals surface area contributed by atoms with Gasteiger partial charge in [-0.2, -0.15) is 5.10 Å². The number of nitrogens with one attached hydrogen (secondary N) is 1. The van der Waals surface area contributed by atoms with E-state index in [-0.39, 0.29) is 0 Å². The van der Waals surface area contributed by atoms with Crippen LogP contribution in [0.5, 0.6) is 0 Å². The molecule has 0 fully saturated rings. The summed E-state index contributed by atoms with van der Waals surface area (Å²) >= 11 is 0. The Morgan fingerprint density at radius 3 is 2.44 bits per heavy atom. The van der Waals surface area contributed by atoms with Crippen molar-refractivity contribution in [2.24, 2.45) is 0 Å². The lowest BCUT2D eigenvalue weighted by Gasteiger charge is -2.09. The third-order valence-electron chi connectivity index (χ3n) is 4.20. The van der Waals surface area contributed by atoms with Gasteiger partial charge in [-0.1, -0.05) is 18.2 Å². The highest BCUT2D eigenvalue weighted by molar-refractivity contribution is 5.96. The van der Waals surface area contributed by atoms with Crippen LogP contribution >= 0.6 is 0 Å². The molecule has 140 valence electrons. The van der Waals surface area contributed by atoms with E-state index in [1.807, 2.05) is 37.3 Å². The Morgan fingerprint density at radius 1 is 1.11 bits per heavy atom. The standard InChI is InChI=1S/C20H21N3O4/c1-12-10-17(23(22-12)16-8-6-5-7-9-16)21-18(24)11-26-20(25)19-13(2)14(3)27-15(19)4/h5-10H,11H2,1-4H3,(H,21,24). The molecule has 2 aromatic heterocycles. The number of aryl methyl sites for hydroxylation is 3. The van der Waals surface area contributed by atoms with Gasteiger partial charge in [0, 0.05) is 11.6 Å². The maximum Gasteiger partial charge on any atom is 0.342 e. The molecule has 0 aliphatic rings. The zero-order chi connectivity index (χ0) is 19.6. The van der Waals surface area contributed by atoms with Crippen LogP contribution in [0.1, 0.15) is 33.1 Å². The first kappa shape index (κ1) is 18.4. The summed E-state index contributed by atoms with van der Waals surface area (Å²) in [5, 5.41) is 7.12. The molecular weight excluding hydrogens is 346 g/mol. The summed E-state index contributed by atoms with van der Waals surface area (Å²) in [5.74, 6) is 0.617. The second kappa shape index (κ2) is 7.49. The Bertz CT molecular complexity index is 986. The molecule has 0 atom stereocenters. The van der Waals surface area contributed by atoms with Crippen LogP contribution in [0.15, 0.2) is 40.8 Å². The first-order valence-electron chi connectivity index (χ1n) is 8.52. The summed E-state index contributed by atoms with van der Waals surface area (Å²) in [4.78, 5) is 24.5. The summed E-state index contributed by atoms with van der Waals surface area (Å²) in [6.45, 7) is 6.68. The highest BCUT2D eigenvalue weighted by Crippen LogP contribution is 2.21. The molecule has 1 aromatic carbocycles. The predicted molar refractivity (Wildman–Crippen MR) is 100 cm³/mol. The Kier molecular flexibility index (Phi) is 5.12. The van der Waals surface area contributed by atoms with Crippen LogP contribution in [0.25, 0.3) is 5.69 Å². The van der Waals surface area contributed by atoms with Gasteiger partial charge in [0.15, 0.2) is 6.61 Å². The van der Waals surface area contributed by atoms with E-state index in [1.165, 1.54) is 0 Å². The molecule has 0 aliphatic carbocycles. The number of anilines is 1. The largest absolute Gasteiger partial charge is 0.465 e. The lowest BCUT2D eigenvalue weighted by Crippen LogP contribution is -2.22. The predicted octanol–water partition coefficient (Wildman–Crippen LogP) is 3.49. The zero-order valence-corrected chi connectivity index (χ0v) is 15.7. The van der Waals surface area contributed by atoms with Gasteiger partial charge < -0.3 is 14.5 Å². The average Bonchev–Trinajstić information content (AvgIpc) is 3.12. The quantitative estimate of drug-likeness (QED) is 0.698. The number of rotatable bonds is 5. The number of carbonyl (C=O) groups is 2. The average molecular weight is 367 g/mol. The number of nitrogens with zero attached hydrogens (tertiary/aromatic N) is 2. The van der Waals surface area contributed by atoms with E-state index >= 15 is 0 Å². The number of esters is 1. The van der Waals surface area contributed by atoms with Gasteiger partial charge in [-0.15, -0.1) is 0 Å². The minimum Gasteiger partial charge on any atom is -0.465 e. The summed E-state index contributed by atoms with van der Waals surface area (Å²) in [7, 11) is 0. The highest BCUT2D eigenvalue weighted by atomic mass is 16.5. The fourth-order valence-corrected chi connectivity index (χ4v) is 2.83. The second-order valence-corrected chi connectivity index (χ2v) is 6.26. The molecule has 1 N–H and O–H groups in total. The molecule has 3 aromatic rings. The van der Waals surface area contributed by atoms with Gasteiger partial charge >= 0.3 is 5.97 Å². The van der Waals surface area contributed by atoms with E-state index in [2.05, 4.69) is 10.4 Å². The Balaban J connectivity index is 1.68. The van der Waals surface area contributed by atoms with Crippen LogP contribution < -0.4 is 5.32 Å². The number of hydrogen-bond acceptors (Lipinski definition) is 5. The van der Waals surface area contributed by atoms with Gasteiger partial charge in [0.1, 0.15) is 22.9 Å². The van der Waals surface area contributed by atoms with Gasteiger partial charge in [-0.3, -0.25) is 4.79 Å². The Labute approximate surface area is 156 Å². The SMILES string of the molecule is Cc1cc(NC(=O)COC(=O)c2c(C)oc(C)c2C)n(-c2ccccc2)n1. The number of hydrogen-bond donors (Lipinski definition) is 1. The first-order valence-corrected chi connectivity index (χ1v) is 8.52. The van der Waals surface area contributed by atoms with E-state index in [9.17, 15) is 9.59 Å². The smallest absolute Gasteiger partial charge is 0.342 e. The molecule has 3 rings (SSSR count). The summed E-state index contributed by atoms with van der Waals surface area (Å²) in [5.41, 5.74) is 2.66. The maximum absolute atomic E-state index is 12.3. The number of aromatic nitrogens is 2. The summed E-state index contributed by atoms with van der Waals surface area (Å²) < 4.78 is 12.2.